The third-order valence-corrected chi connectivity index (χ3v) is 9.16. The summed E-state index contributed by atoms with van der Waals surface area (Å²) >= 11 is 1.82. The Morgan fingerprint density at radius 2 is 1.50 bits per heavy atom. The molecular weight excluding hydrogens is 542 g/mol. The number of likely N-dealkylation sites (N-methyl/N-ethyl adjacent to an activating group) is 1. The third-order valence-electron chi connectivity index (χ3n) is 8.00. The van der Waals surface area contributed by atoms with Gasteiger partial charge in [0.25, 0.3) is 0 Å². The van der Waals surface area contributed by atoms with E-state index < -0.39 is 0 Å². The molecule has 1 aliphatic rings. The predicted octanol–water partition coefficient (Wildman–Crippen LogP) is 5.83. The van der Waals surface area contributed by atoms with Crippen LogP contribution in [-0.2, 0) is 16.1 Å². The van der Waals surface area contributed by atoms with Crippen LogP contribution in [0.1, 0.15) is 82.2 Å². The van der Waals surface area contributed by atoms with Gasteiger partial charge < -0.3 is 20.4 Å². The van der Waals surface area contributed by atoms with Crippen LogP contribution in [-0.4, -0.2) is 56.5 Å². The van der Waals surface area contributed by atoms with Gasteiger partial charge in [0.2, 0.25) is 11.8 Å². The second kappa shape index (κ2) is 18.0. The molecule has 2 amide bonds. The van der Waals surface area contributed by atoms with Crippen LogP contribution in [0, 0.1) is 13.8 Å². The summed E-state index contributed by atoms with van der Waals surface area (Å²) in [6, 6.07) is 13.1. The number of fused-ring (bicyclic) bond motifs is 1. The molecule has 0 fully saturated rings. The summed E-state index contributed by atoms with van der Waals surface area (Å²) < 4.78 is 2.38. The number of pyridine rings is 1. The first-order valence-corrected chi connectivity index (χ1v) is 16.6. The highest BCUT2D eigenvalue weighted by atomic mass is 32.2. The van der Waals surface area contributed by atoms with Crippen LogP contribution in [0.15, 0.2) is 46.3 Å². The SMILES string of the molecule is CCN(CC)CCNC(=O)CCCCCNC(=O)CCCCC[n+]1c(C)cc(C=C2Sc3ccccc3N2C)cc1C. The van der Waals surface area contributed by atoms with E-state index in [1.54, 1.807) is 0 Å². The highest BCUT2D eigenvalue weighted by Crippen LogP contribution is 2.45. The number of thioether (sulfide) groups is 1. The molecule has 0 spiro atoms. The summed E-state index contributed by atoms with van der Waals surface area (Å²) in [6.07, 6.45) is 9.17. The zero-order chi connectivity index (χ0) is 30.3. The lowest BCUT2D eigenvalue weighted by atomic mass is 10.1. The van der Waals surface area contributed by atoms with Crippen LogP contribution in [0.4, 0.5) is 5.69 Å². The molecule has 1 aromatic heterocycles. The van der Waals surface area contributed by atoms with Gasteiger partial charge in [0.1, 0.15) is 6.54 Å². The summed E-state index contributed by atoms with van der Waals surface area (Å²) in [5, 5.41) is 7.29. The quantitative estimate of drug-likeness (QED) is 0.168. The number of hydrogen-bond acceptors (Lipinski definition) is 5. The fourth-order valence-corrected chi connectivity index (χ4v) is 6.51. The number of nitrogens with one attached hydrogen (secondary N) is 2. The van der Waals surface area contributed by atoms with E-state index in [0.717, 1.165) is 64.7 Å². The molecule has 0 atom stereocenters. The number of benzene rings is 1. The minimum Gasteiger partial charge on any atom is -0.356 e. The highest BCUT2D eigenvalue weighted by molar-refractivity contribution is 8.03. The molecule has 7 nitrogen and oxygen atoms in total. The molecule has 2 heterocycles. The predicted molar refractivity (Wildman–Crippen MR) is 176 cm³/mol. The molecule has 0 aliphatic carbocycles. The van der Waals surface area contributed by atoms with Crippen molar-refractivity contribution in [1.82, 2.24) is 15.5 Å². The lowest BCUT2D eigenvalue weighted by Gasteiger charge is -2.17. The summed E-state index contributed by atoms with van der Waals surface area (Å²) in [5.74, 6) is 0.267. The van der Waals surface area contributed by atoms with Crippen LogP contribution >= 0.6 is 11.8 Å². The van der Waals surface area contributed by atoms with Crippen LogP contribution in [0.2, 0.25) is 0 Å². The average molecular weight is 595 g/mol. The number of anilines is 1. The Kier molecular flexibility index (Phi) is 14.4. The maximum absolute atomic E-state index is 12.2. The summed E-state index contributed by atoms with van der Waals surface area (Å²) in [5.41, 5.74) is 5.02. The first-order valence-electron chi connectivity index (χ1n) is 15.8. The molecule has 0 saturated heterocycles. The second-order valence-corrected chi connectivity index (χ2v) is 12.2. The van der Waals surface area contributed by atoms with E-state index in [0.29, 0.717) is 25.9 Å². The van der Waals surface area contributed by atoms with E-state index in [4.69, 9.17) is 0 Å². The van der Waals surface area contributed by atoms with Crippen LogP contribution in [0.5, 0.6) is 0 Å². The number of amides is 2. The minimum absolute atomic E-state index is 0.130. The molecule has 2 aromatic rings. The number of hydrogen-bond donors (Lipinski definition) is 2. The van der Waals surface area contributed by atoms with Gasteiger partial charge in [-0.3, -0.25) is 9.59 Å². The summed E-state index contributed by atoms with van der Waals surface area (Å²) in [6.45, 7) is 14.0. The molecule has 8 heteroatoms. The Labute approximate surface area is 258 Å². The van der Waals surface area contributed by atoms with Gasteiger partial charge in [-0.25, -0.2) is 4.57 Å². The second-order valence-electron chi connectivity index (χ2n) is 11.2. The van der Waals surface area contributed by atoms with Crippen molar-refractivity contribution in [2.75, 3.05) is 44.7 Å². The summed E-state index contributed by atoms with van der Waals surface area (Å²) in [4.78, 5) is 30.1. The monoisotopic (exact) mass is 594 g/mol. The Balaban J connectivity index is 1.26. The molecule has 0 bridgehead atoms. The molecule has 1 aliphatic heterocycles. The smallest absolute Gasteiger partial charge is 0.220 e. The lowest BCUT2D eigenvalue weighted by molar-refractivity contribution is -0.709. The van der Waals surface area contributed by atoms with E-state index in [9.17, 15) is 9.59 Å². The Hall–Kier alpha value is -2.84. The first kappa shape index (κ1) is 33.7. The largest absolute Gasteiger partial charge is 0.356 e. The lowest BCUT2D eigenvalue weighted by Crippen LogP contribution is -2.40. The fourth-order valence-electron chi connectivity index (χ4n) is 5.40. The molecular formula is C34H52N5O2S+. The number of aryl methyl sites for hydroxylation is 2. The molecule has 0 unspecified atom stereocenters. The molecule has 3 rings (SSSR count). The maximum Gasteiger partial charge on any atom is 0.220 e. The maximum atomic E-state index is 12.2. The Morgan fingerprint density at radius 3 is 2.14 bits per heavy atom. The van der Waals surface area contributed by atoms with Gasteiger partial charge in [0.15, 0.2) is 11.4 Å². The van der Waals surface area contributed by atoms with E-state index >= 15 is 0 Å². The molecule has 42 heavy (non-hydrogen) atoms. The zero-order valence-electron chi connectivity index (χ0n) is 26.5. The number of nitrogens with zero attached hydrogens (tertiary/aromatic N) is 3. The van der Waals surface area contributed by atoms with E-state index in [1.807, 2.05) is 11.8 Å². The van der Waals surface area contributed by atoms with Gasteiger partial charge in [0.05, 0.1) is 10.7 Å². The number of rotatable bonds is 18. The van der Waals surface area contributed by atoms with Gasteiger partial charge in [0, 0.05) is 76.8 Å². The number of unbranched alkanes of at least 4 members (excludes halogenated alkanes) is 4. The number of aromatic nitrogens is 1. The Morgan fingerprint density at radius 1 is 0.881 bits per heavy atom. The normalized spacial score (nSPS) is 13.6. The summed E-state index contributed by atoms with van der Waals surface area (Å²) in [7, 11) is 2.13. The van der Waals surface area contributed by atoms with Gasteiger partial charge in [-0.2, -0.15) is 0 Å². The van der Waals surface area contributed by atoms with Crippen molar-refractivity contribution in [2.24, 2.45) is 0 Å². The number of carbonyl (C=O) groups is 2. The molecule has 2 N–H and O–H groups in total. The van der Waals surface area contributed by atoms with Crippen molar-refractivity contribution >= 4 is 35.3 Å². The van der Waals surface area contributed by atoms with Crippen molar-refractivity contribution in [3.8, 4) is 0 Å². The van der Waals surface area contributed by atoms with Gasteiger partial charge >= 0.3 is 0 Å². The van der Waals surface area contributed by atoms with E-state index in [1.165, 1.54) is 32.6 Å². The minimum atomic E-state index is 0.130. The van der Waals surface area contributed by atoms with E-state index in [-0.39, 0.29) is 11.8 Å². The van der Waals surface area contributed by atoms with Crippen LogP contribution in [0.25, 0.3) is 6.08 Å². The highest BCUT2D eigenvalue weighted by Gasteiger charge is 2.22. The zero-order valence-corrected chi connectivity index (χ0v) is 27.3. The van der Waals surface area contributed by atoms with Gasteiger partial charge in [-0.05, 0) is 62.5 Å². The number of carbonyl (C=O) groups excluding carboxylic acids is 2. The molecule has 230 valence electrons. The average Bonchev–Trinajstić information content (AvgIpc) is 3.28. The van der Waals surface area contributed by atoms with Crippen LogP contribution in [0.3, 0.4) is 0 Å². The van der Waals surface area contributed by atoms with Crippen molar-refractivity contribution in [3.05, 3.63) is 58.4 Å². The van der Waals surface area contributed by atoms with Crippen molar-refractivity contribution in [3.63, 3.8) is 0 Å². The van der Waals surface area contributed by atoms with Crippen molar-refractivity contribution in [2.45, 2.75) is 90.5 Å². The van der Waals surface area contributed by atoms with Crippen molar-refractivity contribution in [1.29, 1.82) is 0 Å². The first-order chi connectivity index (χ1) is 20.3. The number of para-hydroxylation sites is 1. The van der Waals surface area contributed by atoms with Gasteiger partial charge in [-0.15, -0.1) is 0 Å². The standard InChI is InChI=1S/C34H51N5O2S/c1-6-38(7-2)23-21-36-33(41)18-10-8-14-20-35-32(40)19-11-9-15-22-39-27(3)24-29(25-28(39)4)26-34-37(5)30-16-12-13-17-31(30)42-34/h12-13,16-17,24-26H,6-11,14-15,18-23H2,1-5H3,(H-,35,36,40,41)/p+1. The van der Waals surface area contributed by atoms with Gasteiger partial charge in [-0.1, -0.05) is 44.2 Å². The molecule has 0 saturated carbocycles. The van der Waals surface area contributed by atoms with Crippen LogP contribution < -0.4 is 20.1 Å². The topological polar surface area (TPSA) is 68.6 Å². The molecule has 0 radical (unpaired) electrons. The Bertz CT molecular complexity index is 1170. The van der Waals surface area contributed by atoms with E-state index in [2.05, 4.69) is 102 Å². The third kappa shape index (κ3) is 10.8. The molecule has 1 aromatic carbocycles. The fraction of sp³-hybridized carbons (Fsp3) is 0.559. The van der Waals surface area contributed by atoms with Crippen molar-refractivity contribution < 1.29 is 14.2 Å².